The van der Waals surface area contributed by atoms with E-state index >= 15 is 0 Å². The molecule has 3 heteroatoms. The number of anilines is 1. The molecule has 2 aromatic carbocycles. The lowest BCUT2D eigenvalue weighted by molar-refractivity contribution is 1.06. The van der Waals surface area contributed by atoms with Gasteiger partial charge >= 0.3 is 0 Å². The summed E-state index contributed by atoms with van der Waals surface area (Å²) >= 11 is 0. The quantitative estimate of drug-likeness (QED) is 0.697. The normalized spacial score (nSPS) is 10.6. The number of nitrogens with zero attached hydrogens (tertiary/aromatic N) is 3. The molecule has 0 amide bonds. The predicted octanol–water partition coefficient (Wildman–Crippen LogP) is 3.36. The first kappa shape index (κ1) is 11.7. The van der Waals surface area contributed by atoms with E-state index < -0.39 is 0 Å². The summed E-state index contributed by atoms with van der Waals surface area (Å²) in [6.45, 7) is 0. The minimum atomic E-state index is 0.947. The molecular formula is C16H15N3. The molecule has 0 N–H and O–H groups in total. The smallest absolute Gasteiger partial charge is 0.139 e. The van der Waals surface area contributed by atoms with Gasteiger partial charge in [0, 0.05) is 19.5 Å². The third kappa shape index (κ3) is 2.15. The zero-order valence-corrected chi connectivity index (χ0v) is 11.0. The summed E-state index contributed by atoms with van der Waals surface area (Å²) in [4.78, 5) is 10.7. The SMILES string of the molecule is CN(C)c1ncnc2ccc(-c3ccccc3)cc12. The standard InChI is InChI=1S/C16H15N3/c1-19(2)16-14-10-13(12-6-4-3-5-7-12)8-9-15(14)17-11-18-16/h3-11H,1-2H3. The number of hydrogen-bond donors (Lipinski definition) is 0. The van der Waals surface area contributed by atoms with Crippen LogP contribution in [0.4, 0.5) is 5.82 Å². The Morgan fingerprint density at radius 2 is 1.63 bits per heavy atom. The van der Waals surface area contributed by atoms with E-state index in [2.05, 4.69) is 34.2 Å². The van der Waals surface area contributed by atoms with E-state index in [0.29, 0.717) is 0 Å². The number of fused-ring (bicyclic) bond motifs is 1. The molecule has 0 aliphatic heterocycles. The lowest BCUT2D eigenvalue weighted by Crippen LogP contribution is -2.11. The summed E-state index contributed by atoms with van der Waals surface area (Å²) in [5.74, 6) is 0.947. The molecule has 0 saturated heterocycles. The Kier molecular flexibility index (Phi) is 2.88. The molecule has 94 valence electrons. The first-order valence-corrected chi connectivity index (χ1v) is 6.23. The summed E-state index contributed by atoms with van der Waals surface area (Å²) in [7, 11) is 3.99. The maximum absolute atomic E-state index is 4.36. The van der Waals surface area contributed by atoms with E-state index in [1.165, 1.54) is 11.1 Å². The van der Waals surface area contributed by atoms with Crippen LogP contribution in [0, 0.1) is 0 Å². The fraction of sp³-hybridized carbons (Fsp3) is 0.125. The molecule has 3 rings (SSSR count). The molecule has 0 fully saturated rings. The molecule has 1 heterocycles. The van der Waals surface area contributed by atoms with Crippen molar-refractivity contribution in [1.82, 2.24) is 9.97 Å². The van der Waals surface area contributed by atoms with Crippen LogP contribution in [-0.4, -0.2) is 24.1 Å². The van der Waals surface area contributed by atoms with Gasteiger partial charge in [0.15, 0.2) is 0 Å². The zero-order valence-electron chi connectivity index (χ0n) is 11.0. The van der Waals surface area contributed by atoms with Gasteiger partial charge in [-0.05, 0) is 23.3 Å². The van der Waals surface area contributed by atoms with Crippen molar-refractivity contribution >= 4 is 16.7 Å². The molecule has 0 radical (unpaired) electrons. The average molecular weight is 249 g/mol. The molecule has 0 saturated carbocycles. The molecule has 0 aliphatic rings. The predicted molar refractivity (Wildman–Crippen MR) is 79.3 cm³/mol. The monoisotopic (exact) mass is 249 g/mol. The fourth-order valence-corrected chi connectivity index (χ4v) is 2.21. The number of benzene rings is 2. The summed E-state index contributed by atoms with van der Waals surface area (Å²) in [5.41, 5.74) is 3.36. The van der Waals surface area contributed by atoms with Crippen LogP contribution in [0.3, 0.4) is 0 Å². The van der Waals surface area contributed by atoms with Crippen LogP contribution in [0.1, 0.15) is 0 Å². The summed E-state index contributed by atoms with van der Waals surface area (Å²) in [6.07, 6.45) is 1.61. The van der Waals surface area contributed by atoms with Crippen molar-refractivity contribution in [3.05, 3.63) is 54.9 Å². The number of hydrogen-bond acceptors (Lipinski definition) is 3. The van der Waals surface area contributed by atoms with Gasteiger partial charge in [-0.2, -0.15) is 0 Å². The van der Waals surface area contributed by atoms with E-state index in [1.807, 2.05) is 43.3 Å². The van der Waals surface area contributed by atoms with Gasteiger partial charge in [0.25, 0.3) is 0 Å². The van der Waals surface area contributed by atoms with Crippen molar-refractivity contribution in [1.29, 1.82) is 0 Å². The lowest BCUT2D eigenvalue weighted by atomic mass is 10.0. The maximum Gasteiger partial charge on any atom is 0.139 e. The lowest BCUT2D eigenvalue weighted by Gasteiger charge is -2.14. The van der Waals surface area contributed by atoms with Crippen molar-refractivity contribution in [3.8, 4) is 11.1 Å². The largest absolute Gasteiger partial charge is 0.362 e. The highest BCUT2D eigenvalue weighted by Gasteiger charge is 2.07. The summed E-state index contributed by atoms with van der Waals surface area (Å²) in [5, 5.41) is 1.08. The summed E-state index contributed by atoms with van der Waals surface area (Å²) < 4.78 is 0. The van der Waals surface area contributed by atoms with Gasteiger partial charge in [0.2, 0.25) is 0 Å². The van der Waals surface area contributed by atoms with Crippen molar-refractivity contribution in [2.75, 3.05) is 19.0 Å². The number of rotatable bonds is 2. The van der Waals surface area contributed by atoms with Gasteiger partial charge in [-0.3, -0.25) is 0 Å². The van der Waals surface area contributed by atoms with Gasteiger partial charge in [-0.25, -0.2) is 9.97 Å². The summed E-state index contributed by atoms with van der Waals surface area (Å²) in [6, 6.07) is 16.7. The van der Waals surface area contributed by atoms with Crippen molar-refractivity contribution in [2.24, 2.45) is 0 Å². The second-order valence-corrected chi connectivity index (χ2v) is 4.69. The van der Waals surface area contributed by atoms with Crippen LogP contribution in [-0.2, 0) is 0 Å². The molecule has 3 nitrogen and oxygen atoms in total. The maximum atomic E-state index is 4.36. The highest BCUT2D eigenvalue weighted by Crippen LogP contribution is 2.27. The van der Waals surface area contributed by atoms with Crippen LogP contribution in [0.25, 0.3) is 22.0 Å². The third-order valence-corrected chi connectivity index (χ3v) is 3.15. The van der Waals surface area contributed by atoms with Crippen molar-refractivity contribution < 1.29 is 0 Å². The van der Waals surface area contributed by atoms with E-state index in [1.54, 1.807) is 6.33 Å². The van der Waals surface area contributed by atoms with Gasteiger partial charge in [0.1, 0.15) is 12.1 Å². The van der Waals surface area contributed by atoms with Crippen LogP contribution in [0.2, 0.25) is 0 Å². The Hall–Kier alpha value is -2.42. The van der Waals surface area contributed by atoms with E-state index in [4.69, 9.17) is 0 Å². The molecular weight excluding hydrogens is 234 g/mol. The topological polar surface area (TPSA) is 29.0 Å². The first-order chi connectivity index (χ1) is 9.25. The second kappa shape index (κ2) is 4.69. The highest BCUT2D eigenvalue weighted by molar-refractivity contribution is 5.92. The van der Waals surface area contributed by atoms with Crippen LogP contribution >= 0.6 is 0 Å². The van der Waals surface area contributed by atoms with Crippen molar-refractivity contribution in [3.63, 3.8) is 0 Å². The molecule has 19 heavy (non-hydrogen) atoms. The van der Waals surface area contributed by atoms with Gasteiger partial charge in [0.05, 0.1) is 5.52 Å². The van der Waals surface area contributed by atoms with Crippen LogP contribution < -0.4 is 4.90 Å². The van der Waals surface area contributed by atoms with Crippen molar-refractivity contribution in [2.45, 2.75) is 0 Å². The Balaban J connectivity index is 2.22. The highest BCUT2D eigenvalue weighted by atomic mass is 15.1. The Bertz CT molecular complexity index is 706. The Morgan fingerprint density at radius 1 is 0.842 bits per heavy atom. The van der Waals surface area contributed by atoms with Crippen LogP contribution in [0.15, 0.2) is 54.9 Å². The molecule has 0 aliphatic carbocycles. The first-order valence-electron chi connectivity index (χ1n) is 6.23. The minimum absolute atomic E-state index is 0.947. The number of aromatic nitrogens is 2. The van der Waals surface area contributed by atoms with Gasteiger partial charge in [-0.1, -0.05) is 36.4 Å². The molecule has 0 spiro atoms. The molecule has 0 bridgehead atoms. The molecule has 0 unspecified atom stereocenters. The third-order valence-electron chi connectivity index (χ3n) is 3.15. The fourth-order valence-electron chi connectivity index (χ4n) is 2.21. The average Bonchev–Trinajstić information content (AvgIpc) is 2.47. The van der Waals surface area contributed by atoms with E-state index in [9.17, 15) is 0 Å². The Morgan fingerprint density at radius 3 is 2.37 bits per heavy atom. The molecule has 3 aromatic rings. The second-order valence-electron chi connectivity index (χ2n) is 4.69. The van der Waals surface area contributed by atoms with E-state index in [0.717, 1.165) is 16.7 Å². The van der Waals surface area contributed by atoms with Gasteiger partial charge in [-0.15, -0.1) is 0 Å². The van der Waals surface area contributed by atoms with Gasteiger partial charge < -0.3 is 4.90 Å². The van der Waals surface area contributed by atoms with E-state index in [-0.39, 0.29) is 0 Å². The Labute approximate surface area is 112 Å². The molecule has 1 aromatic heterocycles. The van der Waals surface area contributed by atoms with Crippen LogP contribution in [0.5, 0.6) is 0 Å². The minimum Gasteiger partial charge on any atom is -0.362 e. The zero-order chi connectivity index (χ0) is 13.2. The molecule has 0 atom stereocenters.